The molecular weight excluding hydrogens is 298 g/mol. The van der Waals surface area contributed by atoms with Crippen LogP contribution in [0.2, 0.25) is 0 Å². The number of nitrogens with zero attached hydrogens (tertiary/aromatic N) is 4. The molecule has 23 heavy (non-hydrogen) atoms. The van der Waals surface area contributed by atoms with E-state index in [2.05, 4.69) is 20.4 Å². The standard InChI is InChI=1S/C15H21N5O3/c1-5-16-14(22)11(4)23-13(21)7-6-12-9(2)19-15-17-8-18-20(15)10(12)3/h8,11H,5-7H2,1-4H3,(H,16,22)/t11-/m0/s1. The summed E-state index contributed by atoms with van der Waals surface area (Å²) in [6.45, 7) is 7.66. The van der Waals surface area contributed by atoms with Crippen molar-refractivity contribution in [2.24, 2.45) is 0 Å². The van der Waals surface area contributed by atoms with E-state index in [0.29, 0.717) is 18.7 Å². The molecule has 1 atom stereocenters. The smallest absolute Gasteiger partial charge is 0.306 e. The number of carbonyl (C=O) groups excluding carboxylic acids is 2. The zero-order valence-electron chi connectivity index (χ0n) is 13.8. The number of nitrogens with one attached hydrogen (secondary N) is 1. The van der Waals surface area contributed by atoms with Crippen LogP contribution in [0.15, 0.2) is 6.33 Å². The number of fused-ring (bicyclic) bond motifs is 1. The predicted molar refractivity (Wildman–Crippen MR) is 82.8 cm³/mol. The van der Waals surface area contributed by atoms with Crippen LogP contribution in [0.3, 0.4) is 0 Å². The van der Waals surface area contributed by atoms with Gasteiger partial charge in [0.15, 0.2) is 6.10 Å². The number of carbonyl (C=O) groups is 2. The van der Waals surface area contributed by atoms with E-state index in [-0.39, 0.29) is 12.3 Å². The fourth-order valence-electron chi connectivity index (χ4n) is 2.37. The Balaban J connectivity index is 2.00. The summed E-state index contributed by atoms with van der Waals surface area (Å²) in [5.41, 5.74) is 2.65. The van der Waals surface area contributed by atoms with Crippen molar-refractivity contribution in [3.8, 4) is 0 Å². The van der Waals surface area contributed by atoms with Gasteiger partial charge in [-0.3, -0.25) is 9.59 Å². The van der Waals surface area contributed by atoms with Crippen molar-refractivity contribution in [2.75, 3.05) is 6.54 Å². The Morgan fingerprint density at radius 3 is 2.83 bits per heavy atom. The van der Waals surface area contributed by atoms with Gasteiger partial charge >= 0.3 is 5.97 Å². The Morgan fingerprint density at radius 1 is 1.39 bits per heavy atom. The summed E-state index contributed by atoms with van der Waals surface area (Å²) in [5, 5.41) is 6.73. The molecule has 0 saturated heterocycles. The van der Waals surface area contributed by atoms with Gasteiger partial charge in [0.1, 0.15) is 6.33 Å². The summed E-state index contributed by atoms with van der Waals surface area (Å²) in [5.74, 6) is -0.170. The van der Waals surface area contributed by atoms with Gasteiger partial charge in [0.25, 0.3) is 11.7 Å². The number of esters is 1. The average molecular weight is 319 g/mol. The first-order chi connectivity index (χ1) is 10.9. The van der Waals surface area contributed by atoms with Gasteiger partial charge in [-0.25, -0.2) is 9.50 Å². The van der Waals surface area contributed by atoms with Crippen molar-refractivity contribution >= 4 is 17.7 Å². The van der Waals surface area contributed by atoms with Gasteiger partial charge in [0.05, 0.1) is 0 Å². The minimum atomic E-state index is -0.791. The summed E-state index contributed by atoms with van der Waals surface area (Å²) >= 11 is 0. The molecule has 0 bridgehead atoms. The van der Waals surface area contributed by atoms with Gasteiger partial charge in [0.2, 0.25) is 0 Å². The molecule has 0 aliphatic rings. The zero-order chi connectivity index (χ0) is 17.0. The molecule has 0 aromatic carbocycles. The van der Waals surface area contributed by atoms with E-state index in [9.17, 15) is 9.59 Å². The number of aromatic nitrogens is 4. The number of rotatable bonds is 6. The van der Waals surface area contributed by atoms with Crippen LogP contribution in [0.25, 0.3) is 5.78 Å². The lowest BCUT2D eigenvalue weighted by atomic mass is 10.1. The number of hydrogen-bond acceptors (Lipinski definition) is 6. The maximum atomic E-state index is 11.9. The van der Waals surface area contributed by atoms with Crippen LogP contribution in [0, 0.1) is 13.8 Å². The molecule has 2 rings (SSSR count). The average Bonchev–Trinajstić information content (AvgIpc) is 2.95. The molecule has 0 saturated carbocycles. The van der Waals surface area contributed by atoms with Crippen LogP contribution in [0.4, 0.5) is 0 Å². The van der Waals surface area contributed by atoms with E-state index in [4.69, 9.17) is 4.74 Å². The van der Waals surface area contributed by atoms with E-state index in [1.54, 1.807) is 11.4 Å². The van der Waals surface area contributed by atoms with Crippen LogP contribution < -0.4 is 5.32 Å². The number of aryl methyl sites for hydroxylation is 2. The molecule has 0 unspecified atom stereocenters. The minimum Gasteiger partial charge on any atom is -0.453 e. The lowest BCUT2D eigenvalue weighted by Crippen LogP contribution is -2.35. The van der Waals surface area contributed by atoms with Gasteiger partial charge in [0, 0.05) is 24.4 Å². The van der Waals surface area contributed by atoms with E-state index in [1.807, 2.05) is 20.8 Å². The molecule has 124 valence electrons. The first-order valence-corrected chi connectivity index (χ1v) is 7.57. The van der Waals surface area contributed by atoms with Gasteiger partial charge in [-0.15, -0.1) is 0 Å². The van der Waals surface area contributed by atoms with Crippen LogP contribution in [-0.4, -0.2) is 44.1 Å². The highest BCUT2D eigenvalue weighted by Gasteiger charge is 2.18. The summed E-state index contributed by atoms with van der Waals surface area (Å²) in [6, 6.07) is 0. The monoisotopic (exact) mass is 319 g/mol. The van der Waals surface area contributed by atoms with Crippen LogP contribution in [0.1, 0.15) is 37.2 Å². The van der Waals surface area contributed by atoms with Crippen molar-refractivity contribution in [3.05, 3.63) is 23.3 Å². The van der Waals surface area contributed by atoms with Crippen LogP contribution in [0.5, 0.6) is 0 Å². The van der Waals surface area contributed by atoms with Crippen LogP contribution in [-0.2, 0) is 20.7 Å². The third-order valence-corrected chi connectivity index (χ3v) is 3.60. The molecule has 1 N–H and O–H groups in total. The molecule has 0 aliphatic heterocycles. The molecule has 2 heterocycles. The minimum absolute atomic E-state index is 0.174. The van der Waals surface area contributed by atoms with E-state index >= 15 is 0 Å². The summed E-state index contributed by atoms with van der Waals surface area (Å²) in [4.78, 5) is 31.9. The molecule has 2 aromatic heterocycles. The maximum absolute atomic E-state index is 11.9. The van der Waals surface area contributed by atoms with E-state index < -0.39 is 12.1 Å². The molecule has 8 nitrogen and oxygen atoms in total. The summed E-state index contributed by atoms with van der Waals surface area (Å²) < 4.78 is 6.78. The molecule has 1 amide bonds. The third kappa shape index (κ3) is 3.82. The van der Waals surface area contributed by atoms with Gasteiger partial charge < -0.3 is 10.1 Å². The summed E-state index contributed by atoms with van der Waals surface area (Å²) in [7, 11) is 0. The van der Waals surface area contributed by atoms with Crippen molar-refractivity contribution in [3.63, 3.8) is 0 Å². The van der Waals surface area contributed by atoms with E-state index in [1.165, 1.54) is 6.33 Å². The van der Waals surface area contributed by atoms with Gasteiger partial charge in [-0.1, -0.05) is 0 Å². The Bertz CT molecular complexity index is 725. The van der Waals surface area contributed by atoms with Gasteiger partial charge in [-0.05, 0) is 39.7 Å². The number of hydrogen-bond donors (Lipinski definition) is 1. The fourth-order valence-corrected chi connectivity index (χ4v) is 2.37. The number of ether oxygens (including phenoxy) is 1. The highest BCUT2D eigenvalue weighted by Crippen LogP contribution is 2.15. The SMILES string of the molecule is CCNC(=O)[C@H](C)OC(=O)CCc1c(C)nc2ncnn2c1C. The van der Waals surface area contributed by atoms with Crippen molar-refractivity contribution in [1.82, 2.24) is 24.9 Å². The predicted octanol–water partition coefficient (Wildman–Crippen LogP) is 0.742. The highest BCUT2D eigenvalue weighted by molar-refractivity contribution is 5.83. The largest absolute Gasteiger partial charge is 0.453 e. The quantitative estimate of drug-likeness (QED) is 0.789. The summed E-state index contributed by atoms with van der Waals surface area (Å²) in [6.07, 6.45) is 1.30. The third-order valence-electron chi connectivity index (χ3n) is 3.60. The van der Waals surface area contributed by atoms with Crippen molar-refractivity contribution in [1.29, 1.82) is 0 Å². The molecule has 8 heteroatoms. The molecule has 0 radical (unpaired) electrons. The molecule has 0 aliphatic carbocycles. The molecule has 2 aromatic rings. The fraction of sp³-hybridized carbons (Fsp3) is 0.533. The number of likely N-dealkylation sites (N-methyl/N-ethyl adjacent to an activating group) is 1. The normalized spacial score (nSPS) is 12.2. The molecule has 0 spiro atoms. The second-order valence-electron chi connectivity index (χ2n) is 5.26. The maximum Gasteiger partial charge on any atom is 0.306 e. The second-order valence-corrected chi connectivity index (χ2v) is 5.26. The Morgan fingerprint density at radius 2 is 2.13 bits per heavy atom. The van der Waals surface area contributed by atoms with Gasteiger partial charge in [-0.2, -0.15) is 10.1 Å². The van der Waals surface area contributed by atoms with Crippen molar-refractivity contribution < 1.29 is 14.3 Å². The highest BCUT2D eigenvalue weighted by atomic mass is 16.5. The number of amides is 1. The van der Waals surface area contributed by atoms with E-state index in [0.717, 1.165) is 17.0 Å². The van der Waals surface area contributed by atoms with Crippen LogP contribution >= 0.6 is 0 Å². The lowest BCUT2D eigenvalue weighted by Gasteiger charge is -2.13. The second kappa shape index (κ2) is 7.17. The first-order valence-electron chi connectivity index (χ1n) is 7.57. The van der Waals surface area contributed by atoms with Crippen molar-refractivity contribution in [2.45, 2.75) is 46.6 Å². The Labute approximate surface area is 134 Å². The Kier molecular flexibility index (Phi) is 5.25. The zero-order valence-corrected chi connectivity index (χ0v) is 13.8. The Hall–Kier alpha value is -2.51. The molecular formula is C15H21N5O3. The lowest BCUT2D eigenvalue weighted by molar-refractivity contribution is -0.154. The molecule has 0 fully saturated rings. The first kappa shape index (κ1) is 16.9. The topological polar surface area (TPSA) is 98.5 Å².